The number of benzene rings is 3. The van der Waals surface area contributed by atoms with Crippen molar-refractivity contribution in [2.24, 2.45) is 5.10 Å². The molecule has 0 aliphatic carbocycles. The molecule has 0 spiro atoms. The van der Waals surface area contributed by atoms with Gasteiger partial charge >= 0.3 is 5.16 Å². The van der Waals surface area contributed by atoms with Gasteiger partial charge in [-0.1, -0.05) is 23.7 Å². The van der Waals surface area contributed by atoms with Crippen LogP contribution in [-0.2, 0) is 4.79 Å². The SMILES string of the molecule is COc1ccc(-c2[nH]nc(SCC(=O)NN=Cc3ccccc3O)[n+]2-c2ccc(Cl)cc2)cc1. The molecule has 0 aliphatic rings. The van der Waals surface area contributed by atoms with Crippen molar-refractivity contribution >= 4 is 35.5 Å². The molecule has 1 heterocycles. The smallest absolute Gasteiger partial charge is 0.342 e. The van der Waals surface area contributed by atoms with Crippen LogP contribution < -0.4 is 14.7 Å². The van der Waals surface area contributed by atoms with E-state index in [1.54, 1.807) is 43.5 Å². The number of aromatic hydroxyl groups is 1. The predicted octanol–water partition coefficient (Wildman–Crippen LogP) is 3.96. The van der Waals surface area contributed by atoms with Crippen molar-refractivity contribution in [2.75, 3.05) is 12.9 Å². The minimum Gasteiger partial charge on any atom is -0.507 e. The summed E-state index contributed by atoms with van der Waals surface area (Å²) in [6.07, 6.45) is 1.39. The number of aromatic amines is 1. The number of hydrogen-bond acceptors (Lipinski definition) is 6. The molecule has 3 aromatic carbocycles. The lowest BCUT2D eigenvalue weighted by molar-refractivity contribution is -0.625. The molecule has 34 heavy (non-hydrogen) atoms. The molecule has 0 fully saturated rings. The number of hydrogen-bond donors (Lipinski definition) is 3. The number of H-pyrrole nitrogens is 1. The first-order chi connectivity index (χ1) is 16.5. The topological polar surface area (TPSA) is 103 Å². The zero-order valence-electron chi connectivity index (χ0n) is 18.1. The van der Waals surface area contributed by atoms with Gasteiger partial charge in [0.25, 0.3) is 11.7 Å². The Balaban J connectivity index is 1.53. The first-order valence-electron chi connectivity index (χ1n) is 10.2. The number of thioether (sulfide) groups is 1. The molecule has 10 heteroatoms. The van der Waals surface area contributed by atoms with Crippen molar-refractivity contribution in [3.05, 3.63) is 83.4 Å². The molecule has 0 aliphatic heterocycles. The third kappa shape index (κ3) is 5.56. The van der Waals surface area contributed by atoms with Crippen LogP contribution in [0.3, 0.4) is 0 Å². The van der Waals surface area contributed by atoms with Crippen LogP contribution in [-0.4, -0.2) is 40.3 Å². The largest absolute Gasteiger partial charge is 0.507 e. The lowest BCUT2D eigenvalue weighted by Gasteiger charge is -2.05. The molecule has 4 rings (SSSR count). The van der Waals surface area contributed by atoms with Crippen molar-refractivity contribution < 1.29 is 19.2 Å². The summed E-state index contributed by atoms with van der Waals surface area (Å²) in [5, 5.41) is 22.4. The maximum Gasteiger partial charge on any atom is 0.342 e. The first-order valence-corrected chi connectivity index (χ1v) is 11.5. The van der Waals surface area contributed by atoms with E-state index < -0.39 is 0 Å². The molecule has 0 bridgehead atoms. The Hall–Kier alpha value is -3.82. The third-order valence-electron chi connectivity index (χ3n) is 4.78. The van der Waals surface area contributed by atoms with E-state index in [4.69, 9.17) is 16.3 Å². The van der Waals surface area contributed by atoms with Crippen LogP contribution in [0.25, 0.3) is 17.1 Å². The number of nitrogens with one attached hydrogen (secondary N) is 2. The second kappa shape index (κ2) is 10.9. The fourth-order valence-electron chi connectivity index (χ4n) is 3.10. The van der Waals surface area contributed by atoms with Gasteiger partial charge in [0, 0.05) is 10.6 Å². The molecule has 0 radical (unpaired) electrons. The summed E-state index contributed by atoms with van der Waals surface area (Å²) in [6.45, 7) is 0. The van der Waals surface area contributed by atoms with Crippen LogP contribution >= 0.6 is 23.4 Å². The van der Waals surface area contributed by atoms with Crippen LogP contribution in [0.4, 0.5) is 0 Å². The van der Waals surface area contributed by atoms with Gasteiger partial charge in [-0.05, 0) is 72.4 Å². The van der Waals surface area contributed by atoms with E-state index in [-0.39, 0.29) is 17.4 Å². The molecular weight excluding hydrogens is 474 g/mol. The van der Waals surface area contributed by atoms with Crippen molar-refractivity contribution in [2.45, 2.75) is 5.16 Å². The molecule has 3 N–H and O–H groups in total. The van der Waals surface area contributed by atoms with Crippen molar-refractivity contribution in [3.8, 4) is 28.6 Å². The molecule has 0 saturated carbocycles. The fraction of sp³-hybridized carbons (Fsp3) is 0.0833. The maximum absolute atomic E-state index is 12.3. The van der Waals surface area contributed by atoms with Crippen LogP contribution in [0.2, 0.25) is 5.02 Å². The molecule has 1 aromatic heterocycles. The highest BCUT2D eigenvalue weighted by molar-refractivity contribution is 7.99. The van der Waals surface area contributed by atoms with Crippen LogP contribution in [0, 0.1) is 0 Å². The Kier molecular flexibility index (Phi) is 7.46. The summed E-state index contributed by atoms with van der Waals surface area (Å²) in [7, 11) is 1.62. The number of hydrazone groups is 1. The van der Waals surface area contributed by atoms with E-state index in [2.05, 4.69) is 20.7 Å². The normalized spacial score (nSPS) is 11.0. The van der Waals surface area contributed by atoms with E-state index in [1.165, 1.54) is 18.0 Å². The Morgan fingerprint density at radius 3 is 2.62 bits per heavy atom. The summed E-state index contributed by atoms with van der Waals surface area (Å²) >= 11 is 7.33. The number of amides is 1. The van der Waals surface area contributed by atoms with Gasteiger partial charge < -0.3 is 9.84 Å². The highest BCUT2D eigenvalue weighted by atomic mass is 35.5. The van der Waals surface area contributed by atoms with E-state index in [0.29, 0.717) is 15.7 Å². The third-order valence-corrected chi connectivity index (χ3v) is 5.97. The molecule has 0 saturated heterocycles. The minimum absolute atomic E-state index is 0.0820. The standard InChI is InChI=1S/C24H20ClN5O3S/c1-33-20-12-6-16(7-13-20)23-28-29-24(30(23)19-10-8-18(25)9-11-19)34-15-22(32)27-26-14-17-4-2-3-5-21(17)31/h2-14H,15H2,1H3,(H2,26,27,31,32)/p+1. The number of para-hydroxylation sites is 1. The number of halogens is 1. The number of methoxy groups -OCH3 is 1. The predicted molar refractivity (Wildman–Crippen MR) is 132 cm³/mol. The van der Waals surface area contributed by atoms with Crippen LogP contribution in [0.5, 0.6) is 11.5 Å². The van der Waals surface area contributed by atoms with E-state index in [1.807, 2.05) is 41.0 Å². The number of phenolic OH excluding ortho intramolecular Hbond substituents is 1. The number of phenols is 1. The molecule has 0 atom stereocenters. The van der Waals surface area contributed by atoms with Gasteiger partial charge in [-0.3, -0.25) is 4.79 Å². The second-order valence-electron chi connectivity index (χ2n) is 7.04. The Morgan fingerprint density at radius 2 is 1.91 bits per heavy atom. The molecule has 8 nitrogen and oxygen atoms in total. The lowest BCUT2D eigenvalue weighted by Crippen LogP contribution is -2.34. The van der Waals surface area contributed by atoms with E-state index in [0.717, 1.165) is 22.8 Å². The van der Waals surface area contributed by atoms with Gasteiger partial charge in [0.15, 0.2) is 0 Å². The number of ether oxygens (including phenoxy) is 1. The number of nitrogens with zero attached hydrogens (tertiary/aromatic N) is 3. The van der Waals surface area contributed by atoms with Crippen LogP contribution in [0.15, 0.2) is 83.1 Å². The second-order valence-corrected chi connectivity index (χ2v) is 8.41. The van der Waals surface area contributed by atoms with Gasteiger partial charge in [0.2, 0.25) is 0 Å². The number of carbonyl (C=O) groups is 1. The summed E-state index contributed by atoms with van der Waals surface area (Å²) in [6, 6.07) is 21.7. The summed E-state index contributed by atoms with van der Waals surface area (Å²) in [5.74, 6) is 1.34. The number of carbonyl (C=O) groups excluding carboxylic acids is 1. The summed E-state index contributed by atoms with van der Waals surface area (Å²) in [4.78, 5) is 12.3. The van der Waals surface area contributed by atoms with Gasteiger partial charge in [0.1, 0.15) is 17.2 Å². The van der Waals surface area contributed by atoms with Gasteiger partial charge in [0.05, 0.1) is 29.7 Å². The molecule has 172 valence electrons. The van der Waals surface area contributed by atoms with E-state index >= 15 is 0 Å². The monoisotopic (exact) mass is 494 g/mol. The number of rotatable bonds is 8. The Labute approximate surface area is 205 Å². The van der Waals surface area contributed by atoms with Crippen molar-refractivity contribution in [3.63, 3.8) is 0 Å². The molecule has 4 aromatic rings. The van der Waals surface area contributed by atoms with Crippen molar-refractivity contribution in [1.29, 1.82) is 0 Å². The fourth-order valence-corrected chi connectivity index (χ4v) is 3.99. The summed E-state index contributed by atoms with van der Waals surface area (Å²) < 4.78 is 7.17. The zero-order valence-corrected chi connectivity index (χ0v) is 19.7. The lowest BCUT2D eigenvalue weighted by atomic mass is 10.2. The minimum atomic E-state index is -0.312. The maximum atomic E-state index is 12.3. The molecular formula is C24H21ClN5O3S+. The highest BCUT2D eigenvalue weighted by Crippen LogP contribution is 2.23. The Morgan fingerprint density at radius 1 is 1.18 bits per heavy atom. The van der Waals surface area contributed by atoms with Crippen LogP contribution in [0.1, 0.15) is 5.56 Å². The highest BCUT2D eigenvalue weighted by Gasteiger charge is 2.24. The first kappa shape index (κ1) is 23.3. The van der Waals surface area contributed by atoms with E-state index in [9.17, 15) is 9.90 Å². The average molecular weight is 495 g/mol. The van der Waals surface area contributed by atoms with Gasteiger partial charge in [-0.25, -0.2) is 5.43 Å². The van der Waals surface area contributed by atoms with Gasteiger partial charge in [-0.15, -0.1) is 5.10 Å². The zero-order chi connectivity index (χ0) is 23.9. The van der Waals surface area contributed by atoms with Crippen molar-refractivity contribution in [1.82, 2.24) is 15.6 Å². The number of aromatic nitrogens is 3. The quantitative estimate of drug-likeness (QED) is 0.149. The van der Waals surface area contributed by atoms with Gasteiger partial charge in [-0.2, -0.15) is 9.67 Å². The average Bonchev–Trinajstić information content (AvgIpc) is 3.28. The molecule has 1 amide bonds. The molecule has 0 unspecified atom stereocenters. The summed E-state index contributed by atoms with van der Waals surface area (Å²) in [5.41, 5.74) is 4.71. The Bertz CT molecular complexity index is 1310.